The number of hydrogen-bond acceptors (Lipinski definition) is 5. The normalized spacial score (nSPS) is 14.2. The Morgan fingerprint density at radius 1 is 1.10 bits per heavy atom. The van der Waals surface area contributed by atoms with Crippen molar-refractivity contribution in [2.45, 2.75) is 0 Å². The monoisotopic (exact) mass is 403 g/mol. The van der Waals surface area contributed by atoms with Gasteiger partial charge in [-0.2, -0.15) is 9.50 Å². The third-order valence-corrected chi connectivity index (χ3v) is 5.42. The van der Waals surface area contributed by atoms with E-state index in [2.05, 4.69) is 10.1 Å². The second-order valence-corrected chi connectivity index (χ2v) is 7.52. The Kier molecular flexibility index (Phi) is 4.29. The first kappa shape index (κ1) is 17.5. The van der Waals surface area contributed by atoms with Gasteiger partial charge in [0.25, 0.3) is 5.56 Å². The van der Waals surface area contributed by atoms with Gasteiger partial charge in [0.2, 0.25) is 4.96 Å². The van der Waals surface area contributed by atoms with Crippen molar-refractivity contribution < 1.29 is 9.13 Å². The molecule has 0 N–H and O–H groups in total. The minimum Gasteiger partial charge on any atom is -0.488 e. The van der Waals surface area contributed by atoms with Crippen molar-refractivity contribution in [3.05, 3.63) is 91.8 Å². The lowest BCUT2D eigenvalue weighted by Crippen LogP contribution is -2.24. The Labute approximate surface area is 168 Å². The van der Waals surface area contributed by atoms with E-state index in [-0.39, 0.29) is 11.4 Å². The van der Waals surface area contributed by atoms with Gasteiger partial charge in [0.15, 0.2) is 5.82 Å². The number of fused-ring (bicyclic) bond motifs is 2. The molecule has 3 heterocycles. The van der Waals surface area contributed by atoms with Crippen LogP contribution < -0.4 is 14.8 Å². The molecule has 2 aromatic carbocycles. The molecular formula is C22H14FN3O2S. The summed E-state index contributed by atoms with van der Waals surface area (Å²) in [5.41, 5.74) is 2.52. The highest BCUT2D eigenvalue weighted by atomic mass is 32.1. The largest absolute Gasteiger partial charge is 0.488 e. The van der Waals surface area contributed by atoms with Gasteiger partial charge in [-0.1, -0.05) is 47.7 Å². The molecule has 142 valence electrons. The van der Waals surface area contributed by atoms with E-state index in [0.29, 0.717) is 21.9 Å². The molecule has 0 bridgehead atoms. The van der Waals surface area contributed by atoms with E-state index >= 15 is 0 Å². The zero-order chi connectivity index (χ0) is 19.8. The molecule has 0 fully saturated rings. The van der Waals surface area contributed by atoms with Crippen LogP contribution >= 0.6 is 11.3 Å². The van der Waals surface area contributed by atoms with Crippen molar-refractivity contribution in [3.8, 4) is 5.75 Å². The SMILES string of the molecule is O=c1/c(=C/C2=Cc3ccccc3OC2)sc2nc(/C=C/c3ccc(F)cc3)nn12. The van der Waals surface area contributed by atoms with Gasteiger partial charge < -0.3 is 4.74 Å². The third kappa shape index (κ3) is 3.48. The lowest BCUT2D eigenvalue weighted by atomic mass is 10.1. The maximum absolute atomic E-state index is 13.0. The van der Waals surface area contributed by atoms with E-state index in [0.717, 1.165) is 22.4 Å². The number of aromatic nitrogens is 3. The zero-order valence-corrected chi connectivity index (χ0v) is 15.9. The molecule has 0 atom stereocenters. The predicted molar refractivity (Wildman–Crippen MR) is 112 cm³/mol. The van der Waals surface area contributed by atoms with E-state index in [9.17, 15) is 9.18 Å². The van der Waals surface area contributed by atoms with E-state index in [1.165, 1.54) is 28.0 Å². The van der Waals surface area contributed by atoms with Crippen LogP contribution in [0, 0.1) is 5.82 Å². The molecular weight excluding hydrogens is 389 g/mol. The van der Waals surface area contributed by atoms with Crippen molar-refractivity contribution >= 4 is 40.6 Å². The molecule has 0 aliphatic carbocycles. The third-order valence-electron chi connectivity index (χ3n) is 4.46. The van der Waals surface area contributed by atoms with E-state index in [4.69, 9.17) is 4.74 Å². The lowest BCUT2D eigenvalue weighted by Gasteiger charge is -2.15. The summed E-state index contributed by atoms with van der Waals surface area (Å²) in [5, 5.41) is 4.27. The van der Waals surface area contributed by atoms with Gasteiger partial charge in [-0.25, -0.2) is 4.39 Å². The van der Waals surface area contributed by atoms with E-state index in [1.807, 2.05) is 36.4 Å². The summed E-state index contributed by atoms with van der Waals surface area (Å²) in [7, 11) is 0. The minimum absolute atomic E-state index is 0.210. The van der Waals surface area contributed by atoms with Crippen molar-refractivity contribution in [2.75, 3.05) is 6.61 Å². The standard InChI is InChI=1S/C22H14FN3O2S/c23-17-8-5-14(6-9-17)7-10-20-24-22-26(25-20)21(27)19(29-22)12-15-11-16-3-1-2-4-18(16)28-13-15/h1-12H,13H2/b10-7+,19-12-. The summed E-state index contributed by atoms with van der Waals surface area (Å²) in [4.78, 5) is 17.6. The van der Waals surface area contributed by atoms with Crippen LogP contribution in [0.25, 0.3) is 29.3 Å². The topological polar surface area (TPSA) is 56.5 Å². The fourth-order valence-corrected chi connectivity index (χ4v) is 3.98. The van der Waals surface area contributed by atoms with Gasteiger partial charge in [-0.15, -0.1) is 5.10 Å². The Bertz CT molecular complexity index is 1380. The lowest BCUT2D eigenvalue weighted by molar-refractivity contribution is 0.352. The second kappa shape index (κ2) is 7.10. The molecule has 5 rings (SSSR count). The minimum atomic E-state index is -0.287. The smallest absolute Gasteiger partial charge is 0.291 e. The van der Waals surface area contributed by atoms with E-state index < -0.39 is 0 Å². The van der Waals surface area contributed by atoms with Gasteiger partial charge >= 0.3 is 0 Å². The van der Waals surface area contributed by atoms with Crippen LogP contribution in [-0.4, -0.2) is 21.2 Å². The average Bonchev–Trinajstić information content (AvgIpc) is 3.26. The molecule has 0 spiro atoms. The maximum Gasteiger partial charge on any atom is 0.291 e. The molecule has 5 nitrogen and oxygen atoms in total. The number of halogens is 1. The number of thiazole rings is 1. The number of ether oxygens (including phenoxy) is 1. The van der Waals surface area contributed by atoms with Gasteiger partial charge in [0.1, 0.15) is 18.2 Å². The van der Waals surface area contributed by atoms with Crippen molar-refractivity contribution in [1.29, 1.82) is 0 Å². The average molecular weight is 403 g/mol. The highest BCUT2D eigenvalue weighted by Gasteiger charge is 2.12. The summed E-state index contributed by atoms with van der Waals surface area (Å²) in [6, 6.07) is 13.9. The van der Waals surface area contributed by atoms with Gasteiger partial charge in [-0.05, 0) is 47.6 Å². The summed E-state index contributed by atoms with van der Waals surface area (Å²) in [5.74, 6) is 0.982. The second-order valence-electron chi connectivity index (χ2n) is 6.51. The first-order valence-corrected chi connectivity index (χ1v) is 9.75. The fraction of sp³-hybridized carbons (Fsp3) is 0.0455. The Balaban J connectivity index is 1.45. The quantitative estimate of drug-likeness (QED) is 0.526. The highest BCUT2D eigenvalue weighted by molar-refractivity contribution is 7.15. The molecule has 0 radical (unpaired) electrons. The number of benzene rings is 2. The van der Waals surface area contributed by atoms with Crippen LogP contribution in [0.2, 0.25) is 0 Å². The summed E-state index contributed by atoms with van der Waals surface area (Å²) >= 11 is 1.28. The van der Waals surface area contributed by atoms with Gasteiger partial charge in [0.05, 0.1) is 4.53 Å². The number of rotatable bonds is 3. The van der Waals surface area contributed by atoms with Crippen molar-refractivity contribution in [1.82, 2.24) is 14.6 Å². The maximum atomic E-state index is 13.0. The Morgan fingerprint density at radius 2 is 1.93 bits per heavy atom. The van der Waals surface area contributed by atoms with Crippen molar-refractivity contribution in [2.24, 2.45) is 0 Å². The van der Waals surface area contributed by atoms with Crippen LogP contribution in [0.15, 0.2) is 58.9 Å². The first-order valence-electron chi connectivity index (χ1n) is 8.93. The molecule has 29 heavy (non-hydrogen) atoms. The molecule has 7 heteroatoms. The number of nitrogens with zero attached hydrogens (tertiary/aromatic N) is 3. The van der Waals surface area contributed by atoms with Crippen LogP contribution in [-0.2, 0) is 0 Å². The highest BCUT2D eigenvalue weighted by Crippen LogP contribution is 2.26. The molecule has 2 aromatic heterocycles. The number of para-hydroxylation sites is 1. The first-order chi connectivity index (χ1) is 14.2. The molecule has 4 aromatic rings. The molecule has 0 amide bonds. The molecule has 1 aliphatic rings. The van der Waals surface area contributed by atoms with Gasteiger partial charge in [0, 0.05) is 5.56 Å². The predicted octanol–water partition coefficient (Wildman–Crippen LogP) is 3.44. The molecule has 1 aliphatic heterocycles. The van der Waals surface area contributed by atoms with Gasteiger partial charge in [-0.3, -0.25) is 4.79 Å². The fourth-order valence-electron chi connectivity index (χ4n) is 3.05. The van der Waals surface area contributed by atoms with E-state index in [1.54, 1.807) is 24.3 Å². The Hall–Kier alpha value is -3.58. The van der Waals surface area contributed by atoms with Crippen LogP contribution in [0.3, 0.4) is 0 Å². The molecule has 0 unspecified atom stereocenters. The summed E-state index contributed by atoms with van der Waals surface area (Å²) in [6.07, 6.45) is 7.32. The van der Waals surface area contributed by atoms with Crippen LogP contribution in [0.4, 0.5) is 4.39 Å². The number of hydrogen-bond donors (Lipinski definition) is 0. The zero-order valence-electron chi connectivity index (χ0n) is 15.1. The Morgan fingerprint density at radius 3 is 2.76 bits per heavy atom. The van der Waals surface area contributed by atoms with Crippen molar-refractivity contribution in [3.63, 3.8) is 0 Å². The van der Waals surface area contributed by atoms with Crippen LogP contribution in [0.5, 0.6) is 5.75 Å². The summed E-state index contributed by atoms with van der Waals surface area (Å²) in [6.45, 7) is 0.412. The van der Waals surface area contributed by atoms with Crippen LogP contribution in [0.1, 0.15) is 17.0 Å². The molecule has 0 saturated carbocycles. The molecule has 0 saturated heterocycles. The summed E-state index contributed by atoms with van der Waals surface area (Å²) < 4.78 is 20.6.